The van der Waals surface area contributed by atoms with Crippen LogP contribution in [0.5, 0.6) is 0 Å². The van der Waals surface area contributed by atoms with Gasteiger partial charge in [0.1, 0.15) is 0 Å². The third-order valence-electron chi connectivity index (χ3n) is 2.80. The predicted molar refractivity (Wildman–Crippen MR) is 43.1 cm³/mol. The van der Waals surface area contributed by atoms with Crippen LogP contribution in [0.1, 0.15) is 26.2 Å². The van der Waals surface area contributed by atoms with Gasteiger partial charge in [0.15, 0.2) is 5.41 Å². The SMILES string of the molecule is COC(=O)C1(C#N)CCCC1C. The zero-order chi connectivity index (χ0) is 9.19. The van der Waals surface area contributed by atoms with Crippen LogP contribution in [0.15, 0.2) is 0 Å². The van der Waals surface area contributed by atoms with Crippen LogP contribution in [0.3, 0.4) is 0 Å². The summed E-state index contributed by atoms with van der Waals surface area (Å²) in [5.74, 6) is -0.232. The van der Waals surface area contributed by atoms with Crippen molar-refractivity contribution in [3.63, 3.8) is 0 Å². The van der Waals surface area contributed by atoms with E-state index in [1.54, 1.807) is 0 Å². The van der Waals surface area contributed by atoms with E-state index in [0.29, 0.717) is 6.42 Å². The third-order valence-corrected chi connectivity index (χ3v) is 2.80. The normalized spacial score (nSPS) is 34.2. The molecule has 0 saturated heterocycles. The van der Waals surface area contributed by atoms with Gasteiger partial charge in [-0.15, -0.1) is 0 Å². The summed E-state index contributed by atoms with van der Waals surface area (Å²) in [6.45, 7) is 1.94. The zero-order valence-electron chi connectivity index (χ0n) is 7.46. The van der Waals surface area contributed by atoms with Gasteiger partial charge < -0.3 is 4.74 Å². The number of rotatable bonds is 1. The molecule has 1 aliphatic carbocycles. The van der Waals surface area contributed by atoms with Crippen molar-refractivity contribution in [1.29, 1.82) is 5.26 Å². The summed E-state index contributed by atoms with van der Waals surface area (Å²) in [6, 6.07) is 2.10. The fraction of sp³-hybridized carbons (Fsp3) is 0.778. The van der Waals surface area contributed by atoms with Crippen molar-refractivity contribution < 1.29 is 9.53 Å². The summed E-state index contributed by atoms with van der Waals surface area (Å²) in [5, 5.41) is 8.94. The lowest BCUT2D eigenvalue weighted by Crippen LogP contribution is -2.33. The van der Waals surface area contributed by atoms with Gasteiger partial charge in [0.2, 0.25) is 0 Å². The van der Waals surface area contributed by atoms with Crippen LogP contribution in [0.25, 0.3) is 0 Å². The number of hydrogen-bond acceptors (Lipinski definition) is 3. The Morgan fingerprint density at radius 3 is 2.75 bits per heavy atom. The van der Waals surface area contributed by atoms with Crippen molar-refractivity contribution >= 4 is 5.97 Å². The van der Waals surface area contributed by atoms with Crippen molar-refractivity contribution in [1.82, 2.24) is 0 Å². The Kier molecular flexibility index (Phi) is 2.37. The topological polar surface area (TPSA) is 50.1 Å². The molecule has 1 aliphatic rings. The zero-order valence-corrected chi connectivity index (χ0v) is 7.46. The molecule has 1 saturated carbocycles. The van der Waals surface area contributed by atoms with Crippen molar-refractivity contribution in [2.45, 2.75) is 26.2 Å². The maximum atomic E-state index is 11.3. The summed E-state index contributed by atoms with van der Waals surface area (Å²) in [5.41, 5.74) is -0.852. The average Bonchev–Trinajstić information content (AvgIpc) is 2.46. The molecule has 0 aromatic rings. The monoisotopic (exact) mass is 167 g/mol. The van der Waals surface area contributed by atoms with Crippen molar-refractivity contribution in [3.05, 3.63) is 0 Å². The Hall–Kier alpha value is -1.04. The Balaban J connectivity index is 2.91. The summed E-state index contributed by atoms with van der Waals surface area (Å²) in [7, 11) is 1.34. The molecule has 2 atom stereocenters. The Morgan fingerprint density at radius 2 is 2.42 bits per heavy atom. The van der Waals surface area contributed by atoms with Crippen molar-refractivity contribution in [3.8, 4) is 6.07 Å². The number of hydrogen-bond donors (Lipinski definition) is 0. The lowest BCUT2D eigenvalue weighted by atomic mass is 9.80. The van der Waals surface area contributed by atoms with E-state index in [2.05, 4.69) is 10.8 Å². The molecule has 0 aliphatic heterocycles. The lowest BCUT2D eigenvalue weighted by Gasteiger charge is -2.21. The summed E-state index contributed by atoms with van der Waals surface area (Å²) in [6.07, 6.45) is 2.55. The molecule has 1 fully saturated rings. The number of nitriles is 1. The van der Waals surface area contributed by atoms with Crippen LogP contribution in [0.2, 0.25) is 0 Å². The Morgan fingerprint density at radius 1 is 1.75 bits per heavy atom. The minimum atomic E-state index is -0.852. The van der Waals surface area contributed by atoms with E-state index in [-0.39, 0.29) is 11.9 Å². The number of nitrogens with zero attached hydrogens (tertiary/aromatic N) is 1. The third kappa shape index (κ3) is 1.08. The fourth-order valence-corrected chi connectivity index (χ4v) is 1.88. The quantitative estimate of drug-likeness (QED) is 0.556. The molecule has 66 valence electrons. The van der Waals surface area contributed by atoms with Crippen LogP contribution >= 0.6 is 0 Å². The van der Waals surface area contributed by atoms with E-state index in [4.69, 9.17) is 5.26 Å². The molecule has 2 unspecified atom stereocenters. The van der Waals surface area contributed by atoms with Gasteiger partial charge in [-0.25, -0.2) is 0 Å². The molecule has 0 N–H and O–H groups in total. The molecule has 1 rings (SSSR count). The van der Waals surface area contributed by atoms with Crippen LogP contribution < -0.4 is 0 Å². The van der Waals surface area contributed by atoms with E-state index in [0.717, 1.165) is 12.8 Å². The first-order valence-corrected chi connectivity index (χ1v) is 4.17. The first-order valence-electron chi connectivity index (χ1n) is 4.17. The second-order valence-electron chi connectivity index (χ2n) is 3.37. The molecule has 0 radical (unpaired) electrons. The van der Waals surface area contributed by atoms with E-state index >= 15 is 0 Å². The van der Waals surface area contributed by atoms with Gasteiger partial charge in [0, 0.05) is 0 Å². The number of esters is 1. The molecule has 0 bridgehead atoms. The first-order chi connectivity index (χ1) is 5.67. The van der Waals surface area contributed by atoms with E-state index in [9.17, 15) is 4.79 Å². The van der Waals surface area contributed by atoms with E-state index in [1.165, 1.54) is 7.11 Å². The Labute approximate surface area is 72.3 Å². The fourth-order valence-electron chi connectivity index (χ4n) is 1.88. The lowest BCUT2D eigenvalue weighted by molar-refractivity contribution is -0.150. The highest BCUT2D eigenvalue weighted by Crippen LogP contribution is 2.43. The minimum Gasteiger partial charge on any atom is -0.468 e. The van der Waals surface area contributed by atoms with Gasteiger partial charge >= 0.3 is 5.97 Å². The van der Waals surface area contributed by atoms with Gasteiger partial charge in [0.25, 0.3) is 0 Å². The van der Waals surface area contributed by atoms with Crippen LogP contribution in [0.4, 0.5) is 0 Å². The van der Waals surface area contributed by atoms with Gasteiger partial charge in [-0.05, 0) is 18.8 Å². The number of ether oxygens (including phenoxy) is 1. The smallest absolute Gasteiger partial charge is 0.326 e. The molecular formula is C9H13NO2. The summed E-state index contributed by atoms with van der Waals surface area (Å²) >= 11 is 0. The molecule has 0 aromatic carbocycles. The maximum Gasteiger partial charge on any atom is 0.326 e. The molecule has 12 heavy (non-hydrogen) atoms. The standard InChI is InChI=1S/C9H13NO2/c1-7-4-3-5-9(7,6-10)8(11)12-2/h7H,3-5H2,1-2H3. The molecule has 3 heteroatoms. The van der Waals surface area contributed by atoms with E-state index < -0.39 is 5.41 Å². The van der Waals surface area contributed by atoms with Crippen molar-refractivity contribution in [2.24, 2.45) is 11.3 Å². The molecular weight excluding hydrogens is 154 g/mol. The highest BCUT2D eigenvalue weighted by atomic mass is 16.5. The average molecular weight is 167 g/mol. The Bertz CT molecular complexity index is 231. The summed E-state index contributed by atoms with van der Waals surface area (Å²) < 4.78 is 4.64. The predicted octanol–water partition coefficient (Wildman–Crippen LogP) is 1.49. The van der Waals surface area contributed by atoms with Crippen LogP contribution in [-0.4, -0.2) is 13.1 Å². The minimum absolute atomic E-state index is 0.134. The van der Waals surface area contributed by atoms with Gasteiger partial charge in [-0.1, -0.05) is 13.3 Å². The van der Waals surface area contributed by atoms with Crippen LogP contribution in [-0.2, 0) is 9.53 Å². The maximum absolute atomic E-state index is 11.3. The number of carbonyl (C=O) groups is 1. The number of methoxy groups -OCH3 is 1. The first kappa shape index (κ1) is 9.05. The number of carbonyl (C=O) groups excluding carboxylic acids is 1. The molecule has 0 spiro atoms. The summed E-state index contributed by atoms with van der Waals surface area (Å²) in [4.78, 5) is 11.3. The molecule has 3 nitrogen and oxygen atoms in total. The second kappa shape index (κ2) is 3.14. The largest absolute Gasteiger partial charge is 0.468 e. The van der Waals surface area contributed by atoms with Crippen LogP contribution in [0, 0.1) is 22.7 Å². The van der Waals surface area contributed by atoms with Gasteiger partial charge in [-0.2, -0.15) is 5.26 Å². The van der Waals surface area contributed by atoms with Crippen molar-refractivity contribution in [2.75, 3.05) is 7.11 Å². The second-order valence-corrected chi connectivity index (χ2v) is 3.37. The molecule has 0 heterocycles. The highest BCUT2D eigenvalue weighted by Gasteiger charge is 2.48. The molecule has 0 amide bonds. The highest BCUT2D eigenvalue weighted by molar-refractivity contribution is 5.80. The van der Waals surface area contributed by atoms with Gasteiger partial charge in [0.05, 0.1) is 13.2 Å². The molecule has 0 aromatic heterocycles. The van der Waals surface area contributed by atoms with E-state index in [1.807, 2.05) is 6.92 Å². The van der Waals surface area contributed by atoms with Gasteiger partial charge in [-0.3, -0.25) is 4.79 Å².